The van der Waals surface area contributed by atoms with Gasteiger partial charge in [0.2, 0.25) is 11.8 Å². The van der Waals surface area contributed by atoms with Crippen molar-refractivity contribution in [1.82, 2.24) is 9.88 Å². The molecule has 0 aliphatic carbocycles. The van der Waals surface area contributed by atoms with Crippen LogP contribution in [0.4, 0.5) is 5.69 Å². The molecule has 27 heavy (non-hydrogen) atoms. The van der Waals surface area contributed by atoms with E-state index in [2.05, 4.69) is 10.6 Å². The Kier molecular flexibility index (Phi) is 5.71. The number of hydrogen-bond donors (Lipinski definition) is 2. The molecule has 7 heteroatoms. The topological polar surface area (TPSA) is 93.3 Å². The van der Waals surface area contributed by atoms with Crippen LogP contribution in [0.1, 0.15) is 18.9 Å². The molecular formula is C20H21N3O4. The van der Waals surface area contributed by atoms with Gasteiger partial charge in [-0.1, -0.05) is 37.3 Å². The molecule has 0 atom stereocenters. The lowest BCUT2D eigenvalue weighted by molar-refractivity contribution is -0.124. The van der Waals surface area contributed by atoms with Gasteiger partial charge in [-0.15, -0.1) is 0 Å². The zero-order valence-corrected chi connectivity index (χ0v) is 15.0. The van der Waals surface area contributed by atoms with E-state index in [9.17, 15) is 14.4 Å². The molecule has 0 spiro atoms. The maximum absolute atomic E-state index is 12.1. The molecule has 1 aromatic heterocycles. The maximum Gasteiger partial charge on any atom is 0.419 e. The summed E-state index contributed by atoms with van der Waals surface area (Å²) in [6.45, 7) is 2.06. The fourth-order valence-electron chi connectivity index (χ4n) is 2.85. The molecule has 2 N–H and O–H groups in total. The smallest absolute Gasteiger partial charge is 0.408 e. The number of aryl methyl sites for hydroxylation is 2. The van der Waals surface area contributed by atoms with Gasteiger partial charge in [-0.25, -0.2) is 4.79 Å². The number of nitrogens with zero attached hydrogens (tertiary/aromatic N) is 1. The van der Waals surface area contributed by atoms with Gasteiger partial charge in [0.15, 0.2) is 5.58 Å². The lowest BCUT2D eigenvalue weighted by Gasteiger charge is -2.10. The lowest BCUT2D eigenvalue weighted by atomic mass is 10.1. The third-order valence-corrected chi connectivity index (χ3v) is 4.25. The number of nitrogens with one attached hydrogen (secondary N) is 2. The largest absolute Gasteiger partial charge is 0.419 e. The van der Waals surface area contributed by atoms with Gasteiger partial charge in [0.05, 0.1) is 12.1 Å². The summed E-state index contributed by atoms with van der Waals surface area (Å²) >= 11 is 0. The average molecular weight is 367 g/mol. The van der Waals surface area contributed by atoms with E-state index in [4.69, 9.17) is 4.42 Å². The molecule has 0 saturated carbocycles. The van der Waals surface area contributed by atoms with Crippen LogP contribution in [0.15, 0.2) is 57.7 Å². The Bertz CT molecular complexity index is 1020. The highest BCUT2D eigenvalue weighted by molar-refractivity contribution is 5.95. The average Bonchev–Trinajstić information content (AvgIpc) is 3.00. The predicted molar refractivity (Wildman–Crippen MR) is 103 cm³/mol. The number of anilines is 1. The fraction of sp³-hybridized carbons (Fsp3) is 0.250. The Labute approximate surface area is 156 Å². The molecule has 0 bridgehead atoms. The summed E-state index contributed by atoms with van der Waals surface area (Å²) in [5.41, 5.74) is 2.90. The summed E-state index contributed by atoms with van der Waals surface area (Å²) in [4.78, 5) is 36.0. The highest BCUT2D eigenvalue weighted by Gasteiger charge is 2.11. The summed E-state index contributed by atoms with van der Waals surface area (Å²) in [5.74, 6) is -1.11. The van der Waals surface area contributed by atoms with E-state index in [1.165, 1.54) is 4.57 Å². The monoisotopic (exact) mass is 367 g/mol. The van der Waals surface area contributed by atoms with Crippen LogP contribution in [-0.4, -0.2) is 22.9 Å². The Morgan fingerprint density at radius 1 is 1.04 bits per heavy atom. The minimum Gasteiger partial charge on any atom is -0.408 e. The van der Waals surface area contributed by atoms with Crippen LogP contribution in [0, 0.1) is 0 Å². The zero-order chi connectivity index (χ0) is 19.2. The van der Waals surface area contributed by atoms with E-state index < -0.39 is 5.76 Å². The van der Waals surface area contributed by atoms with Gasteiger partial charge in [-0.2, -0.15) is 0 Å². The summed E-state index contributed by atoms with van der Waals surface area (Å²) in [6.07, 6.45) is 0.873. The highest BCUT2D eigenvalue weighted by Crippen LogP contribution is 2.15. The molecule has 7 nitrogen and oxygen atoms in total. The van der Waals surface area contributed by atoms with Gasteiger partial charge in [-0.05, 0) is 30.2 Å². The van der Waals surface area contributed by atoms with E-state index in [1.54, 1.807) is 24.3 Å². The third-order valence-electron chi connectivity index (χ3n) is 4.25. The second kappa shape index (κ2) is 8.35. The van der Waals surface area contributed by atoms with Crippen molar-refractivity contribution in [3.8, 4) is 0 Å². The first-order chi connectivity index (χ1) is 13.1. The summed E-state index contributed by atoms with van der Waals surface area (Å²) in [7, 11) is 0. The van der Waals surface area contributed by atoms with Crippen LogP contribution in [0.3, 0.4) is 0 Å². The first-order valence-corrected chi connectivity index (χ1v) is 8.81. The minimum absolute atomic E-state index is 0.0717. The predicted octanol–water partition coefficient (Wildman–Crippen LogP) is 2.30. The van der Waals surface area contributed by atoms with Crippen molar-refractivity contribution in [2.45, 2.75) is 26.3 Å². The number of carbonyl (C=O) groups is 2. The van der Waals surface area contributed by atoms with Crippen molar-refractivity contribution >= 4 is 28.6 Å². The number of benzene rings is 2. The molecule has 0 radical (unpaired) electrons. The van der Waals surface area contributed by atoms with Crippen molar-refractivity contribution < 1.29 is 14.0 Å². The van der Waals surface area contributed by atoms with Crippen molar-refractivity contribution in [2.75, 3.05) is 11.9 Å². The Hall–Kier alpha value is -3.35. The number of fused-ring (bicyclic) bond motifs is 1. The number of hydrogen-bond acceptors (Lipinski definition) is 4. The first-order valence-electron chi connectivity index (χ1n) is 8.81. The van der Waals surface area contributed by atoms with E-state index in [0.29, 0.717) is 11.1 Å². The molecule has 0 aliphatic heterocycles. The van der Waals surface area contributed by atoms with Gasteiger partial charge in [0, 0.05) is 18.7 Å². The van der Waals surface area contributed by atoms with Gasteiger partial charge in [0.25, 0.3) is 0 Å². The summed E-state index contributed by atoms with van der Waals surface area (Å²) < 4.78 is 6.54. The molecular weight excluding hydrogens is 346 g/mol. The van der Waals surface area contributed by atoms with E-state index in [-0.39, 0.29) is 31.3 Å². The number of carbonyl (C=O) groups excluding carboxylic acids is 2. The Balaban J connectivity index is 1.51. The molecule has 0 unspecified atom stereocenters. The van der Waals surface area contributed by atoms with Gasteiger partial charge >= 0.3 is 5.76 Å². The van der Waals surface area contributed by atoms with Crippen LogP contribution in [0.25, 0.3) is 11.1 Å². The molecule has 3 aromatic rings. The normalized spacial score (nSPS) is 10.7. The van der Waals surface area contributed by atoms with E-state index in [1.807, 2.05) is 31.2 Å². The van der Waals surface area contributed by atoms with Crippen LogP contribution in [-0.2, 0) is 22.6 Å². The van der Waals surface area contributed by atoms with Gasteiger partial charge in [0.1, 0.15) is 0 Å². The molecule has 0 saturated heterocycles. The zero-order valence-electron chi connectivity index (χ0n) is 15.0. The van der Waals surface area contributed by atoms with Crippen LogP contribution in [0.2, 0.25) is 0 Å². The number of oxazole rings is 1. The molecule has 3 rings (SSSR count). The highest BCUT2D eigenvalue weighted by atomic mass is 16.4. The molecule has 0 fully saturated rings. The Morgan fingerprint density at radius 3 is 2.59 bits per heavy atom. The van der Waals surface area contributed by atoms with Gasteiger partial charge < -0.3 is 15.1 Å². The van der Waals surface area contributed by atoms with Crippen molar-refractivity contribution in [3.05, 3.63) is 64.6 Å². The van der Waals surface area contributed by atoms with Crippen molar-refractivity contribution in [1.29, 1.82) is 0 Å². The van der Waals surface area contributed by atoms with Crippen LogP contribution >= 0.6 is 0 Å². The summed E-state index contributed by atoms with van der Waals surface area (Å²) in [6, 6.07) is 14.6. The summed E-state index contributed by atoms with van der Waals surface area (Å²) in [5, 5.41) is 5.37. The standard InChI is InChI=1S/C20H21N3O4/c1-2-14-7-3-4-8-15(14)22-19(25)13-21-18(24)11-12-23-16-9-5-6-10-17(16)27-20(23)26/h3-10H,2,11-13H2,1H3,(H,21,24)(H,22,25). The molecule has 0 aliphatic rings. The van der Waals surface area contributed by atoms with E-state index in [0.717, 1.165) is 17.7 Å². The van der Waals surface area contributed by atoms with Gasteiger partial charge in [-0.3, -0.25) is 14.2 Å². The Morgan fingerprint density at radius 2 is 1.78 bits per heavy atom. The second-order valence-electron chi connectivity index (χ2n) is 6.07. The number of aromatic nitrogens is 1. The number of amides is 2. The van der Waals surface area contributed by atoms with Crippen LogP contribution in [0.5, 0.6) is 0 Å². The molecule has 2 aromatic carbocycles. The SMILES string of the molecule is CCc1ccccc1NC(=O)CNC(=O)CCn1c(=O)oc2ccccc21. The second-order valence-corrected chi connectivity index (χ2v) is 6.07. The molecule has 1 heterocycles. The third kappa shape index (κ3) is 4.44. The maximum atomic E-state index is 12.1. The quantitative estimate of drug-likeness (QED) is 0.670. The molecule has 140 valence electrons. The first kappa shape index (κ1) is 18.4. The lowest BCUT2D eigenvalue weighted by Crippen LogP contribution is -2.33. The van der Waals surface area contributed by atoms with Crippen LogP contribution < -0.4 is 16.4 Å². The minimum atomic E-state index is -0.502. The molecule has 2 amide bonds. The van der Waals surface area contributed by atoms with Crippen molar-refractivity contribution in [3.63, 3.8) is 0 Å². The van der Waals surface area contributed by atoms with E-state index >= 15 is 0 Å². The number of para-hydroxylation sites is 3. The fourth-order valence-corrected chi connectivity index (χ4v) is 2.85. The number of rotatable bonds is 7. The van der Waals surface area contributed by atoms with Crippen molar-refractivity contribution in [2.24, 2.45) is 0 Å².